The largest absolute Gasteiger partial charge is 0.482 e. The summed E-state index contributed by atoms with van der Waals surface area (Å²) < 4.78 is 5.34. The first kappa shape index (κ1) is 16.4. The van der Waals surface area contributed by atoms with Crippen LogP contribution < -0.4 is 10.1 Å². The van der Waals surface area contributed by atoms with Gasteiger partial charge in [0.2, 0.25) is 0 Å². The minimum atomic E-state index is -0.214. The molecule has 0 aliphatic carbocycles. The first-order valence-corrected chi connectivity index (χ1v) is 8.14. The van der Waals surface area contributed by atoms with Gasteiger partial charge in [0.25, 0.3) is 5.91 Å². The maximum absolute atomic E-state index is 11.7. The van der Waals surface area contributed by atoms with Gasteiger partial charge in [0, 0.05) is 17.5 Å². The number of hydrogen-bond acceptors (Lipinski definition) is 3. The Labute approximate surface area is 141 Å². The Kier molecular flexibility index (Phi) is 6.18. The van der Waals surface area contributed by atoms with E-state index in [1.165, 1.54) is 17.0 Å². The Hall–Kier alpha value is -0.940. The molecule has 1 amide bonds. The van der Waals surface area contributed by atoms with Crippen LogP contribution in [0.15, 0.2) is 29.6 Å². The Balaban J connectivity index is 1.77. The van der Waals surface area contributed by atoms with Gasteiger partial charge in [0.1, 0.15) is 5.75 Å². The van der Waals surface area contributed by atoms with Crippen LogP contribution in [-0.4, -0.2) is 19.1 Å². The van der Waals surface area contributed by atoms with Crippen molar-refractivity contribution in [1.29, 1.82) is 0 Å². The molecule has 0 aliphatic rings. The van der Waals surface area contributed by atoms with Gasteiger partial charge in [-0.25, -0.2) is 0 Å². The Morgan fingerprint density at radius 1 is 1.19 bits per heavy atom. The minimum Gasteiger partial charge on any atom is -0.482 e. The third-order valence-corrected chi connectivity index (χ3v) is 4.56. The Bertz CT molecular complexity index is 617. The number of carbonyl (C=O) groups excluding carboxylic acids is 1. The maximum Gasteiger partial charge on any atom is 0.257 e. The molecule has 1 heterocycles. The normalized spacial score (nSPS) is 10.4. The molecule has 0 unspecified atom stereocenters. The number of benzene rings is 1. The fourth-order valence-corrected chi connectivity index (χ4v) is 2.89. The molecule has 0 spiro atoms. The lowest BCUT2D eigenvalue weighted by molar-refractivity contribution is -0.123. The lowest BCUT2D eigenvalue weighted by Crippen LogP contribution is -2.30. The van der Waals surface area contributed by atoms with Gasteiger partial charge in [-0.15, -0.1) is 11.3 Å². The van der Waals surface area contributed by atoms with Gasteiger partial charge >= 0.3 is 0 Å². The molecule has 0 saturated heterocycles. The number of thiophene rings is 1. The molecule has 0 fully saturated rings. The highest BCUT2D eigenvalue weighted by atomic mass is 35.5. The van der Waals surface area contributed by atoms with Crippen molar-refractivity contribution in [3.63, 3.8) is 0 Å². The van der Waals surface area contributed by atoms with Crippen LogP contribution in [0.4, 0.5) is 0 Å². The fraction of sp³-hybridized carbons (Fsp3) is 0.214. The van der Waals surface area contributed by atoms with E-state index in [-0.39, 0.29) is 12.5 Å². The van der Waals surface area contributed by atoms with E-state index in [1.54, 1.807) is 11.3 Å². The summed E-state index contributed by atoms with van der Waals surface area (Å²) >= 11 is 19.3. The van der Waals surface area contributed by atoms with Crippen LogP contribution in [0.3, 0.4) is 0 Å². The van der Waals surface area contributed by atoms with Crippen LogP contribution >= 0.6 is 46.1 Å². The molecule has 1 aromatic heterocycles. The van der Waals surface area contributed by atoms with Crippen molar-refractivity contribution in [2.45, 2.75) is 6.42 Å². The van der Waals surface area contributed by atoms with Crippen LogP contribution in [0.1, 0.15) is 4.88 Å². The van der Waals surface area contributed by atoms with E-state index < -0.39 is 0 Å². The molecular weight excluding hydrogens is 353 g/mol. The Morgan fingerprint density at radius 3 is 2.67 bits per heavy atom. The highest BCUT2D eigenvalue weighted by Gasteiger charge is 2.09. The van der Waals surface area contributed by atoms with E-state index in [2.05, 4.69) is 5.32 Å². The van der Waals surface area contributed by atoms with Crippen molar-refractivity contribution < 1.29 is 9.53 Å². The zero-order valence-corrected chi connectivity index (χ0v) is 14.0. The second kappa shape index (κ2) is 7.90. The van der Waals surface area contributed by atoms with Gasteiger partial charge in [-0.1, -0.05) is 40.9 Å². The van der Waals surface area contributed by atoms with Crippen molar-refractivity contribution in [2.75, 3.05) is 13.2 Å². The Morgan fingerprint density at radius 2 is 1.95 bits per heavy atom. The predicted octanol–water partition coefficient (Wildman–Crippen LogP) is 4.45. The summed E-state index contributed by atoms with van der Waals surface area (Å²) in [6, 6.07) is 6.99. The number of amides is 1. The molecule has 0 saturated carbocycles. The highest BCUT2D eigenvalue weighted by Crippen LogP contribution is 2.33. The van der Waals surface area contributed by atoms with Crippen LogP contribution in [-0.2, 0) is 11.2 Å². The number of nitrogens with one attached hydrogen (secondary N) is 1. The molecule has 1 N–H and O–H groups in total. The van der Waals surface area contributed by atoms with Crippen molar-refractivity contribution in [2.24, 2.45) is 0 Å². The standard InChI is InChI=1S/C14H12Cl3NO2S/c15-10-6-12(17)13(7-11(10)16)20-8-14(19)18-4-3-9-2-1-5-21-9/h1-2,5-7H,3-4,8H2,(H,18,19). The monoisotopic (exact) mass is 363 g/mol. The molecule has 0 radical (unpaired) electrons. The lowest BCUT2D eigenvalue weighted by Gasteiger charge is -2.09. The molecule has 21 heavy (non-hydrogen) atoms. The van der Waals surface area contributed by atoms with Gasteiger partial charge < -0.3 is 10.1 Å². The molecule has 2 rings (SSSR count). The summed E-state index contributed by atoms with van der Waals surface area (Å²) in [6.07, 6.45) is 0.803. The second-order valence-electron chi connectivity index (χ2n) is 4.16. The molecule has 0 aliphatic heterocycles. The number of halogens is 3. The van der Waals surface area contributed by atoms with Gasteiger partial charge in [0.05, 0.1) is 15.1 Å². The topological polar surface area (TPSA) is 38.3 Å². The number of rotatable bonds is 6. The first-order valence-electron chi connectivity index (χ1n) is 6.12. The van der Waals surface area contributed by atoms with Crippen molar-refractivity contribution in [1.82, 2.24) is 5.32 Å². The van der Waals surface area contributed by atoms with Crippen LogP contribution in [0.25, 0.3) is 0 Å². The third kappa shape index (κ3) is 5.08. The number of carbonyl (C=O) groups is 1. The van der Waals surface area contributed by atoms with Crippen molar-refractivity contribution in [3.05, 3.63) is 49.6 Å². The summed E-state index contributed by atoms with van der Waals surface area (Å²) in [7, 11) is 0. The van der Waals surface area contributed by atoms with E-state index >= 15 is 0 Å². The average Bonchev–Trinajstić information content (AvgIpc) is 2.94. The van der Waals surface area contributed by atoms with E-state index in [1.807, 2.05) is 17.5 Å². The SMILES string of the molecule is O=C(COc1cc(Cl)c(Cl)cc1Cl)NCCc1cccs1. The number of ether oxygens (including phenoxy) is 1. The van der Waals surface area contributed by atoms with Gasteiger partial charge in [-0.05, 0) is 23.9 Å². The maximum atomic E-state index is 11.7. The van der Waals surface area contributed by atoms with Crippen molar-refractivity contribution in [3.8, 4) is 5.75 Å². The lowest BCUT2D eigenvalue weighted by atomic mass is 10.3. The molecule has 2 aromatic rings. The third-order valence-electron chi connectivity index (χ3n) is 2.61. The average molecular weight is 365 g/mol. The van der Waals surface area contributed by atoms with Crippen LogP contribution in [0, 0.1) is 0 Å². The summed E-state index contributed by atoms with van der Waals surface area (Å²) in [4.78, 5) is 12.9. The van der Waals surface area contributed by atoms with E-state index in [4.69, 9.17) is 39.5 Å². The summed E-state index contributed by atoms with van der Waals surface area (Å²) in [6.45, 7) is 0.444. The van der Waals surface area contributed by atoms with Gasteiger partial charge in [-0.2, -0.15) is 0 Å². The fourth-order valence-electron chi connectivity index (χ4n) is 1.59. The molecular formula is C14H12Cl3NO2S. The summed E-state index contributed by atoms with van der Waals surface area (Å²) in [5.74, 6) is 0.119. The summed E-state index contributed by atoms with van der Waals surface area (Å²) in [5.41, 5.74) is 0. The van der Waals surface area contributed by atoms with E-state index in [9.17, 15) is 4.79 Å². The van der Waals surface area contributed by atoms with Crippen LogP contribution in [0.2, 0.25) is 15.1 Å². The first-order chi connectivity index (χ1) is 10.1. The zero-order valence-electron chi connectivity index (χ0n) is 10.9. The van der Waals surface area contributed by atoms with Gasteiger partial charge in [-0.3, -0.25) is 4.79 Å². The van der Waals surface area contributed by atoms with E-state index in [0.717, 1.165) is 6.42 Å². The molecule has 1 aromatic carbocycles. The second-order valence-corrected chi connectivity index (χ2v) is 6.42. The zero-order chi connectivity index (χ0) is 15.2. The van der Waals surface area contributed by atoms with Crippen molar-refractivity contribution >= 4 is 52.0 Å². The predicted molar refractivity (Wildman–Crippen MR) is 88.0 cm³/mol. The summed E-state index contributed by atoms with van der Waals surface area (Å²) in [5, 5.41) is 5.77. The molecule has 112 valence electrons. The highest BCUT2D eigenvalue weighted by molar-refractivity contribution is 7.09. The molecule has 7 heteroatoms. The van der Waals surface area contributed by atoms with Gasteiger partial charge in [0.15, 0.2) is 6.61 Å². The van der Waals surface area contributed by atoms with Crippen LogP contribution in [0.5, 0.6) is 5.75 Å². The smallest absolute Gasteiger partial charge is 0.257 e. The quantitative estimate of drug-likeness (QED) is 0.769. The molecule has 0 bridgehead atoms. The minimum absolute atomic E-state index is 0.123. The molecule has 3 nitrogen and oxygen atoms in total. The molecule has 0 atom stereocenters. The van der Waals surface area contributed by atoms with E-state index in [0.29, 0.717) is 27.4 Å². The number of hydrogen-bond donors (Lipinski definition) is 1.